The van der Waals surface area contributed by atoms with Gasteiger partial charge in [0.15, 0.2) is 5.13 Å². The molecule has 6 nitrogen and oxygen atoms in total. The Morgan fingerprint density at radius 3 is 2.58 bits per heavy atom. The highest BCUT2D eigenvalue weighted by Crippen LogP contribution is 2.23. The van der Waals surface area contributed by atoms with Gasteiger partial charge >= 0.3 is 0 Å². The first-order chi connectivity index (χ1) is 14.9. The van der Waals surface area contributed by atoms with Gasteiger partial charge in [0, 0.05) is 17.6 Å². The zero-order valence-electron chi connectivity index (χ0n) is 16.9. The molecule has 0 aliphatic rings. The molecular weight excluding hydrogens is 415 g/mol. The van der Waals surface area contributed by atoms with Crippen LogP contribution in [0.2, 0.25) is 0 Å². The van der Waals surface area contributed by atoms with E-state index in [0.717, 1.165) is 22.9 Å². The summed E-state index contributed by atoms with van der Waals surface area (Å²) in [6, 6.07) is 11.8. The molecular formula is C23H19FN4O2S. The molecule has 0 saturated heterocycles. The monoisotopic (exact) mass is 434 g/mol. The molecule has 0 fully saturated rings. The van der Waals surface area contributed by atoms with Crippen LogP contribution in [0.1, 0.15) is 27.0 Å². The normalized spacial score (nSPS) is 10.8. The predicted octanol–water partition coefficient (Wildman–Crippen LogP) is 4.42. The molecule has 0 bridgehead atoms. The molecule has 3 heterocycles. The highest BCUT2D eigenvalue weighted by Gasteiger charge is 2.12. The average Bonchev–Trinajstić information content (AvgIpc) is 3.18. The third kappa shape index (κ3) is 4.92. The van der Waals surface area contributed by atoms with Crippen molar-refractivity contribution >= 4 is 22.4 Å². The van der Waals surface area contributed by atoms with Crippen LogP contribution in [0.25, 0.3) is 11.4 Å². The summed E-state index contributed by atoms with van der Waals surface area (Å²) < 4.78 is 14.6. The lowest BCUT2D eigenvalue weighted by molar-refractivity contribution is 0.102. The van der Waals surface area contributed by atoms with Gasteiger partial charge in [-0.3, -0.25) is 19.9 Å². The van der Waals surface area contributed by atoms with E-state index in [1.807, 2.05) is 26.0 Å². The molecule has 0 spiro atoms. The minimum absolute atomic E-state index is 0.186. The van der Waals surface area contributed by atoms with Crippen LogP contribution in [0, 0.1) is 19.7 Å². The number of hydrogen-bond donors (Lipinski definition) is 1. The van der Waals surface area contributed by atoms with Crippen LogP contribution in [-0.4, -0.2) is 20.4 Å². The lowest BCUT2D eigenvalue weighted by Gasteiger charge is -2.10. The van der Waals surface area contributed by atoms with Crippen LogP contribution in [-0.2, 0) is 6.54 Å². The number of carbonyl (C=O) groups excluding carboxylic acids is 1. The smallest absolute Gasteiger partial charge is 0.258 e. The van der Waals surface area contributed by atoms with Crippen LogP contribution in [0.3, 0.4) is 0 Å². The summed E-state index contributed by atoms with van der Waals surface area (Å²) in [7, 11) is 0. The van der Waals surface area contributed by atoms with Gasteiger partial charge in [-0.2, -0.15) is 0 Å². The van der Waals surface area contributed by atoms with Crippen molar-refractivity contribution in [3.05, 3.63) is 98.7 Å². The fourth-order valence-corrected chi connectivity index (χ4v) is 3.99. The van der Waals surface area contributed by atoms with E-state index in [9.17, 15) is 14.0 Å². The summed E-state index contributed by atoms with van der Waals surface area (Å²) in [5.41, 5.74) is 4.45. The van der Waals surface area contributed by atoms with Crippen LogP contribution >= 0.6 is 11.3 Å². The minimum Gasteiger partial charge on any atom is -0.310 e. The molecule has 0 saturated carbocycles. The second kappa shape index (κ2) is 8.61. The second-order valence-electron chi connectivity index (χ2n) is 7.23. The van der Waals surface area contributed by atoms with Crippen molar-refractivity contribution in [3.63, 3.8) is 0 Å². The van der Waals surface area contributed by atoms with Crippen LogP contribution in [0.15, 0.2) is 65.0 Å². The second-order valence-corrected chi connectivity index (χ2v) is 8.09. The molecule has 0 aliphatic carbocycles. The molecule has 31 heavy (non-hydrogen) atoms. The molecule has 4 aromatic rings. The van der Waals surface area contributed by atoms with Crippen LogP contribution < -0.4 is 10.9 Å². The van der Waals surface area contributed by atoms with Crippen molar-refractivity contribution in [3.8, 4) is 11.4 Å². The Morgan fingerprint density at radius 2 is 1.87 bits per heavy atom. The zero-order chi connectivity index (χ0) is 22.0. The molecule has 8 heteroatoms. The number of rotatable bonds is 5. The molecule has 0 atom stereocenters. The van der Waals surface area contributed by atoms with Crippen LogP contribution in [0.5, 0.6) is 0 Å². The van der Waals surface area contributed by atoms with E-state index in [-0.39, 0.29) is 11.5 Å². The number of hydrogen-bond acceptors (Lipinski definition) is 5. The third-order valence-corrected chi connectivity index (χ3v) is 5.35. The fourth-order valence-electron chi connectivity index (χ4n) is 3.29. The maximum atomic E-state index is 13.0. The van der Waals surface area contributed by atoms with Crippen molar-refractivity contribution in [1.82, 2.24) is 14.5 Å². The Morgan fingerprint density at radius 1 is 1.10 bits per heavy atom. The van der Waals surface area contributed by atoms with Gasteiger partial charge in [-0.05, 0) is 37.6 Å². The van der Waals surface area contributed by atoms with E-state index in [1.54, 1.807) is 11.6 Å². The standard InChI is InChI=1S/C23H19FN4O2S/c1-14-7-15(2)9-16(8-14)11-28-12-17(3-6-21(28)29)22(30)27-23-26-20(13-31-23)19-5-4-18(24)10-25-19/h3-10,12-13H,11H2,1-2H3,(H,26,27,30). The number of nitrogens with one attached hydrogen (secondary N) is 1. The quantitative estimate of drug-likeness (QED) is 0.504. The number of pyridine rings is 2. The first-order valence-electron chi connectivity index (χ1n) is 9.54. The number of aromatic nitrogens is 3. The molecule has 4 rings (SSSR count). The molecule has 0 aliphatic heterocycles. The number of halogens is 1. The lowest BCUT2D eigenvalue weighted by Crippen LogP contribution is -2.22. The van der Waals surface area contributed by atoms with Gasteiger partial charge in [0.2, 0.25) is 0 Å². The Balaban J connectivity index is 1.52. The Hall–Kier alpha value is -3.65. The molecule has 156 valence electrons. The predicted molar refractivity (Wildman–Crippen MR) is 119 cm³/mol. The van der Waals surface area contributed by atoms with Gasteiger partial charge in [-0.25, -0.2) is 9.37 Å². The van der Waals surface area contributed by atoms with E-state index in [1.165, 1.54) is 40.2 Å². The lowest BCUT2D eigenvalue weighted by atomic mass is 10.1. The third-order valence-electron chi connectivity index (χ3n) is 4.59. The van der Waals surface area contributed by atoms with Crippen molar-refractivity contribution in [1.29, 1.82) is 0 Å². The molecule has 3 aromatic heterocycles. The Kier molecular flexibility index (Phi) is 5.73. The summed E-state index contributed by atoms with van der Waals surface area (Å²) in [6.45, 7) is 4.39. The zero-order valence-corrected chi connectivity index (χ0v) is 17.7. The van der Waals surface area contributed by atoms with Gasteiger partial charge < -0.3 is 4.57 Å². The number of amides is 1. The van der Waals surface area contributed by atoms with Crippen molar-refractivity contribution in [2.75, 3.05) is 5.32 Å². The number of nitrogens with zero attached hydrogens (tertiary/aromatic N) is 3. The fraction of sp³-hybridized carbons (Fsp3) is 0.130. The highest BCUT2D eigenvalue weighted by atomic mass is 32.1. The van der Waals surface area contributed by atoms with Gasteiger partial charge in [0.1, 0.15) is 11.5 Å². The van der Waals surface area contributed by atoms with Crippen molar-refractivity contribution in [2.24, 2.45) is 0 Å². The van der Waals surface area contributed by atoms with E-state index < -0.39 is 5.82 Å². The van der Waals surface area contributed by atoms with E-state index in [0.29, 0.717) is 28.6 Å². The van der Waals surface area contributed by atoms with Crippen molar-refractivity contribution < 1.29 is 9.18 Å². The molecule has 1 amide bonds. The summed E-state index contributed by atoms with van der Waals surface area (Å²) in [5, 5.41) is 4.86. The number of carbonyl (C=O) groups is 1. The average molecular weight is 434 g/mol. The van der Waals surface area contributed by atoms with Gasteiger partial charge in [0.25, 0.3) is 11.5 Å². The number of thiazole rings is 1. The summed E-state index contributed by atoms with van der Waals surface area (Å²) >= 11 is 1.24. The number of aryl methyl sites for hydroxylation is 2. The van der Waals surface area contributed by atoms with Gasteiger partial charge in [-0.1, -0.05) is 29.3 Å². The Labute approximate surface area is 182 Å². The molecule has 1 N–H and O–H groups in total. The summed E-state index contributed by atoms with van der Waals surface area (Å²) in [6.07, 6.45) is 2.66. The minimum atomic E-state index is -0.427. The highest BCUT2D eigenvalue weighted by molar-refractivity contribution is 7.14. The van der Waals surface area contributed by atoms with Crippen LogP contribution in [0.4, 0.5) is 9.52 Å². The molecule has 0 radical (unpaired) electrons. The maximum absolute atomic E-state index is 13.0. The van der Waals surface area contributed by atoms with E-state index in [4.69, 9.17) is 0 Å². The first-order valence-corrected chi connectivity index (χ1v) is 10.4. The first kappa shape index (κ1) is 20.6. The van der Waals surface area contributed by atoms with Gasteiger partial charge in [-0.15, -0.1) is 11.3 Å². The van der Waals surface area contributed by atoms with E-state index in [2.05, 4.69) is 21.4 Å². The number of anilines is 1. The number of benzene rings is 1. The van der Waals surface area contributed by atoms with E-state index >= 15 is 0 Å². The molecule has 1 aromatic carbocycles. The maximum Gasteiger partial charge on any atom is 0.258 e. The summed E-state index contributed by atoms with van der Waals surface area (Å²) in [4.78, 5) is 33.3. The topological polar surface area (TPSA) is 76.9 Å². The largest absolute Gasteiger partial charge is 0.310 e. The Bertz CT molecular complexity index is 1290. The van der Waals surface area contributed by atoms with Gasteiger partial charge in [0.05, 0.1) is 24.0 Å². The molecule has 0 unspecified atom stereocenters. The summed E-state index contributed by atoms with van der Waals surface area (Å²) in [5.74, 6) is -0.800. The SMILES string of the molecule is Cc1cc(C)cc(Cn2cc(C(=O)Nc3nc(-c4ccc(F)cn4)cs3)ccc2=O)c1. The van der Waals surface area contributed by atoms with Crippen molar-refractivity contribution in [2.45, 2.75) is 20.4 Å².